The van der Waals surface area contributed by atoms with Gasteiger partial charge in [-0.2, -0.15) is 0 Å². The Hall–Kier alpha value is -2.23. The molecule has 1 aromatic rings. The first-order valence-corrected chi connectivity index (χ1v) is 5.36. The van der Waals surface area contributed by atoms with Gasteiger partial charge < -0.3 is 4.90 Å². The SMILES string of the molecule is CC(/C=C\N(C)c1ccc(F)cc1)=C(C=O)C=O. The molecular weight excluding hydrogens is 233 g/mol. The second-order valence-electron chi connectivity index (χ2n) is 3.78. The lowest BCUT2D eigenvalue weighted by Crippen LogP contribution is -2.07. The summed E-state index contributed by atoms with van der Waals surface area (Å²) in [5, 5.41) is 0. The molecule has 0 amide bonds. The Labute approximate surface area is 105 Å². The highest BCUT2D eigenvalue weighted by Crippen LogP contribution is 2.14. The third-order valence-electron chi connectivity index (χ3n) is 2.49. The van der Waals surface area contributed by atoms with E-state index < -0.39 is 0 Å². The van der Waals surface area contributed by atoms with E-state index in [1.165, 1.54) is 12.1 Å². The van der Waals surface area contributed by atoms with Gasteiger partial charge in [0.25, 0.3) is 0 Å². The molecule has 0 atom stereocenters. The number of anilines is 1. The minimum absolute atomic E-state index is 0.110. The second kappa shape index (κ2) is 6.49. The summed E-state index contributed by atoms with van der Waals surface area (Å²) in [6.07, 6.45) is 4.40. The van der Waals surface area contributed by atoms with Gasteiger partial charge in [-0.1, -0.05) is 0 Å². The largest absolute Gasteiger partial charge is 0.351 e. The number of carbonyl (C=O) groups is 2. The van der Waals surface area contributed by atoms with Gasteiger partial charge in [-0.15, -0.1) is 0 Å². The van der Waals surface area contributed by atoms with Gasteiger partial charge >= 0.3 is 0 Å². The van der Waals surface area contributed by atoms with E-state index in [1.54, 1.807) is 43.3 Å². The molecule has 0 N–H and O–H groups in total. The van der Waals surface area contributed by atoms with Gasteiger partial charge in [0.15, 0.2) is 12.6 Å². The van der Waals surface area contributed by atoms with Crippen molar-refractivity contribution in [3.8, 4) is 0 Å². The summed E-state index contributed by atoms with van der Waals surface area (Å²) >= 11 is 0. The third kappa shape index (κ3) is 3.66. The smallest absolute Gasteiger partial charge is 0.153 e. The normalized spacial score (nSPS) is 10.2. The van der Waals surface area contributed by atoms with Crippen LogP contribution >= 0.6 is 0 Å². The van der Waals surface area contributed by atoms with Crippen molar-refractivity contribution in [1.82, 2.24) is 0 Å². The fraction of sp³-hybridized carbons (Fsp3) is 0.143. The van der Waals surface area contributed by atoms with E-state index in [-0.39, 0.29) is 11.4 Å². The molecular formula is C14H14FNO2. The Morgan fingerprint density at radius 2 is 1.72 bits per heavy atom. The van der Waals surface area contributed by atoms with Gasteiger partial charge in [-0.05, 0) is 42.8 Å². The maximum Gasteiger partial charge on any atom is 0.153 e. The van der Waals surface area contributed by atoms with Crippen molar-refractivity contribution in [1.29, 1.82) is 0 Å². The first-order chi connectivity index (χ1) is 8.58. The van der Waals surface area contributed by atoms with E-state index in [0.29, 0.717) is 18.1 Å². The number of aldehydes is 2. The number of hydrogen-bond donors (Lipinski definition) is 0. The summed E-state index contributed by atoms with van der Waals surface area (Å²) in [7, 11) is 1.79. The molecule has 0 radical (unpaired) electrons. The van der Waals surface area contributed by atoms with Crippen LogP contribution in [0.3, 0.4) is 0 Å². The molecule has 0 spiro atoms. The topological polar surface area (TPSA) is 37.4 Å². The van der Waals surface area contributed by atoms with Crippen LogP contribution in [0.2, 0.25) is 0 Å². The van der Waals surface area contributed by atoms with Crippen molar-refractivity contribution in [2.24, 2.45) is 0 Å². The minimum Gasteiger partial charge on any atom is -0.351 e. The molecule has 0 unspecified atom stereocenters. The Bertz CT molecular complexity index is 479. The monoisotopic (exact) mass is 247 g/mol. The Balaban J connectivity index is 2.84. The third-order valence-corrected chi connectivity index (χ3v) is 2.49. The van der Waals surface area contributed by atoms with Crippen molar-refractivity contribution in [3.63, 3.8) is 0 Å². The van der Waals surface area contributed by atoms with Crippen molar-refractivity contribution in [2.75, 3.05) is 11.9 Å². The molecule has 1 rings (SSSR count). The average molecular weight is 247 g/mol. The number of halogens is 1. The lowest BCUT2D eigenvalue weighted by molar-refractivity contribution is -0.109. The van der Waals surface area contributed by atoms with Crippen LogP contribution in [-0.4, -0.2) is 19.6 Å². The quantitative estimate of drug-likeness (QED) is 0.264. The second-order valence-corrected chi connectivity index (χ2v) is 3.78. The van der Waals surface area contributed by atoms with Gasteiger partial charge in [-0.25, -0.2) is 4.39 Å². The molecule has 94 valence electrons. The molecule has 4 heteroatoms. The van der Waals surface area contributed by atoms with E-state index in [4.69, 9.17) is 0 Å². The zero-order valence-electron chi connectivity index (χ0n) is 10.3. The molecule has 0 aliphatic heterocycles. The summed E-state index contributed by atoms with van der Waals surface area (Å²) in [4.78, 5) is 22.9. The molecule has 3 nitrogen and oxygen atoms in total. The van der Waals surface area contributed by atoms with Crippen LogP contribution in [0, 0.1) is 5.82 Å². The van der Waals surface area contributed by atoms with E-state index in [1.807, 2.05) is 0 Å². The van der Waals surface area contributed by atoms with Crippen molar-refractivity contribution in [3.05, 3.63) is 53.5 Å². The van der Waals surface area contributed by atoms with Crippen molar-refractivity contribution in [2.45, 2.75) is 6.92 Å². The fourth-order valence-electron chi connectivity index (χ4n) is 1.30. The van der Waals surface area contributed by atoms with Crippen LogP contribution in [0.15, 0.2) is 47.7 Å². The van der Waals surface area contributed by atoms with Crippen molar-refractivity contribution < 1.29 is 14.0 Å². The summed E-state index contributed by atoms with van der Waals surface area (Å²) in [6, 6.07) is 6.01. The Kier molecular flexibility index (Phi) is 4.99. The number of carbonyl (C=O) groups excluding carboxylic acids is 2. The zero-order chi connectivity index (χ0) is 13.5. The van der Waals surface area contributed by atoms with Gasteiger partial charge in [0.1, 0.15) is 5.82 Å². The molecule has 0 saturated carbocycles. The molecule has 0 aromatic heterocycles. The zero-order valence-corrected chi connectivity index (χ0v) is 10.3. The van der Waals surface area contributed by atoms with Gasteiger partial charge in [0.05, 0.1) is 5.57 Å². The standard InChI is InChI=1S/C14H14FNO2/c1-11(12(9-17)10-18)7-8-16(2)14-5-3-13(15)4-6-14/h3-10H,1-2H3/b8-7-. The summed E-state index contributed by atoms with van der Waals surface area (Å²) in [6.45, 7) is 1.67. The van der Waals surface area contributed by atoms with Crippen LogP contribution < -0.4 is 4.90 Å². The maximum atomic E-state index is 12.7. The summed E-state index contributed by atoms with van der Waals surface area (Å²) in [5.41, 5.74) is 1.49. The van der Waals surface area contributed by atoms with E-state index in [0.717, 1.165) is 5.69 Å². The lowest BCUT2D eigenvalue weighted by Gasteiger charge is -2.13. The summed E-state index contributed by atoms with van der Waals surface area (Å²) in [5.74, 6) is -0.295. The van der Waals surface area contributed by atoms with Gasteiger partial charge in [-0.3, -0.25) is 9.59 Å². The summed E-state index contributed by atoms with van der Waals surface area (Å²) < 4.78 is 12.7. The fourth-order valence-corrected chi connectivity index (χ4v) is 1.30. The van der Waals surface area contributed by atoms with E-state index >= 15 is 0 Å². The predicted octanol–water partition coefficient (Wildman–Crippen LogP) is 2.49. The molecule has 0 heterocycles. The number of allylic oxidation sites excluding steroid dienone is 3. The van der Waals surface area contributed by atoms with Crippen molar-refractivity contribution >= 4 is 18.3 Å². The highest BCUT2D eigenvalue weighted by atomic mass is 19.1. The molecule has 18 heavy (non-hydrogen) atoms. The Morgan fingerprint density at radius 3 is 2.22 bits per heavy atom. The maximum absolute atomic E-state index is 12.7. The molecule has 0 bridgehead atoms. The molecule has 0 aliphatic rings. The number of hydrogen-bond acceptors (Lipinski definition) is 3. The van der Waals surface area contributed by atoms with Gasteiger partial charge in [0, 0.05) is 18.9 Å². The highest BCUT2D eigenvalue weighted by molar-refractivity contribution is 6.00. The molecule has 0 saturated heterocycles. The van der Waals surface area contributed by atoms with Crippen LogP contribution in [0.4, 0.5) is 10.1 Å². The van der Waals surface area contributed by atoms with E-state index in [2.05, 4.69) is 0 Å². The molecule has 0 fully saturated rings. The van der Waals surface area contributed by atoms with Crippen LogP contribution in [-0.2, 0) is 9.59 Å². The number of rotatable bonds is 5. The number of nitrogens with zero attached hydrogens (tertiary/aromatic N) is 1. The predicted molar refractivity (Wildman–Crippen MR) is 68.8 cm³/mol. The lowest BCUT2D eigenvalue weighted by atomic mass is 10.1. The number of benzene rings is 1. The Morgan fingerprint density at radius 1 is 1.17 bits per heavy atom. The van der Waals surface area contributed by atoms with Gasteiger partial charge in [0.2, 0.25) is 0 Å². The van der Waals surface area contributed by atoms with Crippen LogP contribution in [0.5, 0.6) is 0 Å². The first-order valence-electron chi connectivity index (χ1n) is 5.36. The van der Waals surface area contributed by atoms with E-state index in [9.17, 15) is 14.0 Å². The van der Waals surface area contributed by atoms with Crippen LogP contribution in [0.25, 0.3) is 0 Å². The average Bonchev–Trinajstić information content (AvgIpc) is 2.38. The first kappa shape index (κ1) is 13.8. The highest BCUT2D eigenvalue weighted by Gasteiger charge is 1.99. The van der Waals surface area contributed by atoms with Crippen LogP contribution in [0.1, 0.15) is 6.92 Å². The molecule has 0 aliphatic carbocycles. The minimum atomic E-state index is -0.295. The molecule has 1 aromatic carbocycles.